The van der Waals surface area contributed by atoms with Crippen molar-refractivity contribution < 1.29 is 4.79 Å². The second-order valence-corrected chi connectivity index (χ2v) is 5.88. The van der Waals surface area contributed by atoms with Crippen LogP contribution in [0.3, 0.4) is 0 Å². The summed E-state index contributed by atoms with van der Waals surface area (Å²) >= 11 is 1.30. The van der Waals surface area contributed by atoms with E-state index in [2.05, 4.69) is 21.7 Å². The number of rotatable bonds is 6. The number of nitrogen functional groups attached to an aromatic ring is 1. The number of nitrogens with zero attached hydrogens (tertiary/aromatic N) is 1. The van der Waals surface area contributed by atoms with Crippen molar-refractivity contribution in [3.63, 3.8) is 0 Å². The number of allylic oxidation sites excluding steroid dienone is 1. The molecule has 0 unspecified atom stereocenters. The maximum Gasteiger partial charge on any atom is 0.265 e. The number of carbonyl (C=O) groups excluding carboxylic acids is 1. The van der Waals surface area contributed by atoms with Gasteiger partial charge in [0.05, 0.1) is 0 Å². The number of aromatic nitrogens is 1. The third-order valence-corrected chi connectivity index (χ3v) is 4.33. The van der Waals surface area contributed by atoms with Gasteiger partial charge in [0.2, 0.25) is 0 Å². The van der Waals surface area contributed by atoms with Crippen LogP contribution >= 0.6 is 11.3 Å². The first-order valence-electron chi connectivity index (χ1n) is 7.17. The van der Waals surface area contributed by atoms with E-state index in [1.54, 1.807) is 0 Å². The Hall–Kier alpha value is -1.56. The standard InChI is InChI=1S/C14H22N4OS/c1-2-16-14-18-12(15)11(20-14)13(19)17-9-8-10-6-4-3-5-7-10/h6H,2-5,7-9,15H2,1H3,(H,16,18)(H,17,19). The van der Waals surface area contributed by atoms with Gasteiger partial charge in [0.25, 0.3) is 5.91 Å². The Morgan fingerprint density at radius 3 is 3.05 bits per heavy atom. The van der Waals surface area contributed by atoms with Gasteiger partial charge in [-0.2, -0.15) is 0 Å². The number of hydrogen-bond donors (Lipinski definition) is 3. The Bertz CT molecular complexity index is 495. The first kappa shape index (κ1) is 14.8. The number of amides is 1. The number of carbonyl (C=O) groups is 1. The van der Waals surface area contributed by atoms with Gasteiger partial charge in [-0.3, -0.25) is 4.79 Å². The van der Waals surface area contributed by atoms with Gasteiger partial charge in [0, 0.05) is 13.1 Å². The molecule has 0 fully saturated rings. The topological polar surface area (TPSA) is 80.0 Å². The van der Waals surface area contributed by atoms with Crippen LogP contribution in [-0.4, -0.2) is 24.0 Å². The molecule has 0 radical (unpaired) electrons. The van der Waals surface area contributed by atoms with Gasteiger partial charge in [-0.05, 0) is 39.0 Å². The summed E-state index contributed by atoms with van der Waals surface area (Å²) in [5.74, 6) is 0.181. The average Bonchev–Trinajstić information content (AvgIpc) is 2.81. The fourth-order valence-electron chi connectivity index (χ4n) is 2.27. The summed E-state index contributed by atoms with van der Waals surface area (Å²) < 4.78 is 0. The summed E-state index contributed by atoms with van der Waals surface area (Å²) in [5, 5.41) is 6.69. The average molecular weight is 294 g/mol. The van der Waals surface area contributed by atoms with Crippen LogP contribution in [0.1, 0.15) is 48.7 Å². The van der Waals surface area contributed by atoms with Crippen LogP contribution in [0, 0.1) is 0 Å². The van der Waals surface area contributed by atoms with Crippen LogP contribution in [-0.2, 0) is 0 Å². The number of nitrogens with two attached hydrogens (primary N) is 1. The molecule has 1 aromatic rings. The van der Waals surface area contributed by atoms with Crippen molar-refractivity contribution in [2.24, 2.45) is 0 Å². The molecule has 0 bridgehead atoms. The number of thiazole rings is 1. The fraction of sp³-hybridized carbons (Fsp3) is 0.571. The predicted molar refractivity (Wildman–Crippen MR) is 84.2 cm³/mol. The minimum Gasteiger partial charge on any atom is -0.382 e. The summed E-state index contributed by atoms with van der Waals surface area (Å²) in [6.45, 7) is 3.41. The lowest BCUT2D eigenvalue weighted by molar-refractivity contribution is 0.0958. The molecular weight excluding hydrogens is 272 g/mol. The second kappa shape index (κ2) is 7.28. The van der Waals surface area contributed by atoms with E-state index in [-0.39, 0.29) is 5.91 Å². The molecule has 0 spiro atoms. The SMILES string of the molecule is CCNc1nc(N)c(C(=O)NCCC2=CCCCC2)s1. The smallest absolute Gasteiger partial charge is 0.265 e. The molecule has 0 aliphatic heterocycles. The molecule has 0 atom stereocenters. The van der Waals surface area contributed by atoms with Crippen LogP contribution in [0.5, 0.6) is 0 Å². The lowest BCUT2D eigenvalue weighted by Crippen LogP contribution is -2.24. The Balaban J connectivity index is 1.83. The van der Waals surface area contributed by atoms with Crippen LogP contribution in [0.2, 0.25) is 0 Å². The largest absolute Gasteiger partial charge is 0.382 e. The number of anilines is 2. The normalized spacial score (nSPS) is 14.8. The highest BCUT2D eigenvalue weighted by Gasteiger charge is 2.15. The highest BCUT2D eigenvalue weighted by molar-refractivity contribution is 7.18. The van der Waals surface area contributed by atoms with Gasteiger partial charge in [-0.15, -0.1) is 0 Å². The van der Waals surface area contributed by atoms with Crippen LogP contribution in [0.15, 0.2) is 11.6 Å². The summed E-state index contributed by atoms with van der Waals surface area (Å²) in [6, 6.07) is 0. The molecule has 110 valence electrons. The van der Waals surface area contributed by atoms with Crippen molar-refractivity contribution in [3.05, 3.63) is 16.5 Å². The van der Waals surface area contributed by atoms with E-state index in [1.165, 1.54) is 42.6 Å². The Morgan fingerprint density at radius 1 is 1.50 bits per heavy atom. The number of hydrogen-bond acceptors (Lipinski definition) is 5. The predicted octanol–water partition coefficient (Wildman–Crippen LogP) is 2.78. The van der Waals surface area contributed by atoms with E-state index in [1.807, 2.05) is 6.92 Å². The zero-order valence-corrected chi connectivity index (χ0v) is 12.7. The molecular formula is C14H22N4OS. The van der Waals surface area contributed by atoms with Gasteiger partial charge < -0.3 is 16.4 Å². The van der Waals surface area contributed by atoms with E-state index in [0.29, 0.717) is 22.4 Å². The first-order chi connectivity index (χ1) is 9.70. The van der Waals surface area contributed by atoms with Crippen molar-refractivity contribution in [2.45, 2.75) is 39.0 Å². The molecule has 1 amide bonds. The van der Waals surface area contributed by atoms with E-state index >= 15 is 0 Å². The van der Waals surface area contributed by atoms with Crippen molar-refractivity contribution in [2.75, 3.05) is 24.1 Å². The van der Waals surface area contributed by atoms with Crippen LogP contribution < -0.4 is 16.4 Å². The van der Waals surface area contributed by atoms with E-state index in [4.69, 9.17) is 5.73 Å². The Labute approximate surface area is 123 Å². The number of nitrogens with one attached hydrogen (secondary N) is 2. The minimum atomic E-state index is -0.124. The third-order valence-electron chi connectivity index (χ3n) is 3.30. The Kier molecular flexibility index (Phi) is 5.40. The monoisotopic (exact) mass is 294 g/mol. The fourth-order valence-corrected chi connectivity index (χ4v) is 3.14. The van der Waals surface area contributed by atoms with E-state index in [0.717, 1.165) is 13.0 Å². The first-order valence-corrected chi connectivity index (χ1v) is 7.98. The van der Waals surface area contributed by atoms with Crippen molar-refractivity contribution >= 4 is 28.2 Å². The molecule has 1 aliphatic rings. The molecule has 4 N–H and O–H groups in total. The Morgan fingerprint density at radius 2 is 2.35 bits per heavy atom. The van der Waals surface area contributed by atoms with E-state index < -0.39 is 0 Å². The van der Waals surface area contributed by atoms with Gasteiger partial charge in [-0.1, -0.05) is 23.0 Å². The molecule has 0 saturated heterocycles. The molecule has 0 aromatic carbocycles. The molecule has 1 heterocycles. The lowest BCUT2D eigenvalue weighted by Gasteiger charge is -2.12. The van der Waals surface area contributed by atoms with Crippen molar-refractivity contribution in [3.8, 4) is 0 Å². The quantitative estimate of drug-likeness (QED) is 0.705. The molecule has 20 heavy (non-hydrogen) atoms. The summed E-state index contributed by atoms with van der Waals surface area (Å²) in [7, 11) is 0. The summed E-state index contributed by atoms with van der Waals surface area (Å²) in [5.41, 5.74) is 7.23. The molecule has 1 aliphatic carbocycles. The van der Waals surface area contributed by atoms with Gasteiger partial charge in [0.15, 0.2) is 5.13 Å². The second-order valence-electron chi connectivity index (χ2n) is 4.88. The maximum atomic E-state index is 12.1. The zero-order valence-electron chi connectivity index (χ0n) is 11.9. The lowest BCUT2D eigenvalue weighted by atomic mass is 9.97. The van der Waals surface area contributed by atoms with Crippen molar-refractivity contribution in [1.29, 1.82) is 0 Å². The third kappa shape index (κ3) is 3.96. The van der Waals surface area contributed by atoms with Crippen molar-refractivity contribution in [1.82, 2.24) is 10.3 Å². The van der Waals surface area contributed by atoms with Gasteiger partial charge in [-0.25, -0.2) is 4.98 Å². The molecule has 2 rings (SSSR count). The van der Waals surface area contributed by atoms with Gasteiger partial charge >= 0.3 is 0 Å². The highest BCUT2D eigenvalue weighted by atomic mass is 32.1. The van der Waals surface area contributed by atoms with Crippen LogP contribution in [0.4, 0.5) is 10.9 Å². The zero-order chi connectivity index (χ0) is 14.4. The highest BCUT2D eigenvalue weighted by Crippen LogP contribution is 2.24. The summed E-state index contributed by atoms with van der Waals surface area (Å²) in [6.07, 6.45) is 8.15. The molecule has 6 heteroatoms. The molecule has 0 saturated carbocycles. The van der Waals surface area contributed by atoms with Crippen LogP contribution in [0.25, 0.3) is 0 Å². The molecule has 5 nitrogen and oxygen atoms in total. The minimum absolute atomic E-state index is 0.124. The molecule has 1 aromatic heterocycles. The van der Waals surface area contributed by atoms with E-state index in [9.17, 15) is 4.79 Å². The summed E-state index contributed by atoms with van der Waals surface area (Å²) in [4.78, 5) is 16.7. The van der Waals surface area contributed by atoms with Gasteiger partial charge in [0.1, 0.15) is 10.7 Å². The maximum absolute atomic E-state index is 12.1.